The monoisotopic (exact) mass is 673 g/mol. The third-order valence-electron chi connectivity index (χ3n) is 10.3. The molecule has 5 heterocycles. The number of benzene rings is 2. The van der Waals surface area contributed by atoms with Crippen LogP contribution in [0.1, 0.15) is 43.4 Å². The lowest BCUT2D eigenvalue weighted by Crippen LogP contribution is -2.55. The van der Waals surface area contributed by atoms with Gasteiger partial charge < -0.3 is 24.2 Å². The van der Waals surface area contributed by atoms with Crippen molar-refractivity contribution in [3.05, 3.63) is 65.1 Å². The molecule has 0 aliphatic carbocycles. The number of nitrogens with zero attached hydrogens (tertiary/aromatic N) is 7. The molecule has 3 saturated heterocycles. The highest BCUT2D eigenvalue weighted by Crippen LogP contribution is 2.37. The van der Waals surface area contributed by atoms with Crippen molar-refractivity contribution in [2.24, 2.45) is 0 Å². The van der Waals surface area contributed by atoms with E-state index >= 15 is 0 Å². The van der Waals surface area contributed by atoms with Gasteiger partial charge in [0, 0.05) is 75.2 Å². The van der Waals surface area contributed by atoms with Crippen LogP contribution < -0.4 is 14.5 Å². The quantitative estimate of drug-likeness (QED) is 0.310. The van der Waals surface area contributed by atoms with E-state index < -0.39 is 17.8 Å². The maximum atomic E-state index is 13.9. The number of piperidine rings is 1. The van der Waals surface area contributed by atoms with Crippen LogP contribution in [0.15, 0.2) is 48.8 Å². The lowest BCUT2D eigenvalue weighted by molar-refractivity contribution is -0.131. The van der Waals surface area contributed by atoms with Crippen LogP contribution in [-0.4, -0.2) is 96.3 Å². The Morgan fingerprint density at radius 1 is 1.04 bits per heavy atom. The number of fused-ring (bicyclic) bond motifs is 2. The molecule has 4 aliphatic heterocycles. The van der Waals surface area contributed by atoms with Gasteiger partial charge in [-0.15, -0.1) is 0 Å². The Labute approximate surface area is 285 Å². The van der Waals surface area contributed by atoms with Gasteiger partial charge in [0.15, 0.2) is 5.83 Å². The lowest BCUT2D eigenvalue weighted by atomic mass is 10.0. The number of anilines is 2. The molecule has 1 amide bonds. The number of carbonyl (C=O) groups excluding carboxylic acids is 1. The van der Waals surface area contributed by atoms with Crippen molar-refractivity contribution in [1.82, 2.24) is 19.8 Å². The smallest absolute Gasteiger partial charge is 0.318 e. The fourth-order valence-electron chi connectivity index (χ4n) is 7.76. The summed E-state index contributed by atoms with van der Waals surface area (Å²) in [6.07, 6.45) is 4.71. The number of nitriles is 1. The Bertz CT molecular complexity index is 1710. The highest BCUT2D eigenvalue weighted by atomic mass is 35.5. The van der Waals surface area contributed by atoms with E-state index in [0.717, 1.165) is 92.1 Å². The molecule has 12 heteroatoms. The fourth-order valence-corrected chi connectivity index (χ4v) is 8.04. The number of aromatic nitrogens is 2. The van der Waals surface area contributed by atoms with Crippen LogP contribution in [0.4, 0.5) is 15.9 Å². The van der Waals surface area contributed by atoms with Gasteiger partial charge >= 0.3 is 6.01 Å². The Morgan fingerprint density at radius 2 is 1.81 bits per heavy atom. The summed E-state index contributed by atoms with van der Waals surface area (Å²) in [5.74, 6) is -1.02. The van der Waals surface area contributed by atoms with Crippen molar-refractivity contribution in [3.8, 4) is 12.1 Å². The molecule has 4 aliphatic rings. The zero-order valence-corrected chi connectivity index (χ0v) is 27.9. The molecule has 0 spiro atoms. The third kappa shape index (κ3) is 6.66. The molecule has 2 aromatic carbocycles. The molecular weight excluding hydrogens is 633 g/mol. The third-order valence-corrected chi connectivity index (χ3v) is 10.6. The topological polar surface area (TPSA) is 98.1 Å². The molecule has 10 nitrogen and oxygen atoms in total. The van der Waals surface area contributed by atoms with Crippen molar-refractivity contribution in [3.63, 3.8) is 0 Å². The Kier molecular flexibility index (Phi) is 9.66. The number of rotatable bonds is 7. The van der Waals surface area contributed by atoms with Crippen molar-refractivity contribution in [2.45, 2.75) is 63.3 Å². The molecular formula is C36H41ClFN7O3. The summed E-state index contributed by atoms with van der Waals surface area (Å²) < 4.78 is 26.0. The second-order valence-corrected chi connectivity index (χ2v) is 13.5. The van der Waals surface area contributed by atoms with Crippen LogP contribution in [0.5, 0.6) is 6.01 Å². The minimum Gasteiger partial charge on any atom is -0.460 e. The number of ether oxygens (including phenoxy) is 2. The van der Waals surface area contributed by atoms with Crippen LogP contribution in [0.3, 0.4) is 0 Å². The van der Waals surface area contributed by atoms with E-state index in [-0.39, 0.29) is 19.1 Å². The average Bonchev–Trinajstić information content (AvgIpc) is 3.11. The number of hydrogen-bond donors (Lipinski definition) is 0. The van der Waals surface area contributed by atoms with Crippen LogP contribution in [0.2, 0.25) is 5.02 Å². The molecule has 48 heavy (non-hydrogen) atoms. The minimum atomic E-state index is -1.02. The van der Waals surface area contributed by atoms with E-state index in [1.807, 2.05) is 12.1 Å². The van der Waals surface area contributed by atoms with Crippen molar-refractivity contribution < 1.29 is 18.7 Å². The van der Waals surface area contributed by atoms with E-state index in [0.29, 0.717) is 43.1 Å². The molecule has 0 bridgehead atoms. The van der Waals surface area contributed by atoms with Crippen LogP contribution in [0.25, 0.3) is 10.8 Å². The van der Waals surface area contributed by atoms with Gasteiger partial charge in [-0.3, -0.25) is 9.69 Å². The van der Waals surface area contributed by atoms with Gasteiger partial charge in [0.05, 0.1) is 35.8 Å². The number of hydrogen-bond acceptors (Lipinski definition) is 9. The average molecular weight is 674 g/mol. The summed E-state index contributed by atoms with van der Waals surface area (Å²) in [4.78, 5) is 31.1. The van der Waals surface area contributed by atoms with Gasteiger partial charge in [-0.25, -0.2) is 4.39 Å². The molecule has 3 fully saturated rings. The first-order valence-corrected chi connectivity index (χ1v) is 17.3. The lowest BCUT2D eigenvalue weighted by Gasteiger charge is -2.42. The Balaban J connectivity index is 1.17. The maximum absolute atomic E-state index is 13.9. The molecule has 1 aromatic heterocycles. The van der Waals surface area contributed by atoms with Crippen LogP contribution >= 0.6 is 11.6 Å². The summed E-state index contributed by atoms with van der Waals surface area (Å²) in [5, 5.41) is 12.4. The predicted molar refractivity (Wildman–Crippen MR) is 183 cm³/mol. The Morgan fingerprint density at radius 3 is 2.56 bits per heavy atom. The summed E-state index contributed by atoms with van der Waals surface area (Å²) in [7, 11) is 0. The van der Waals surface area contributed by atoms with E-state index in [9.17, 15) is 14.4 Å². The minimum absolute atomic E-state index is 0.0000643. The first-order chi connectivity index (χ1) is 23.4. The summed E-state index contributed by atoms with van der Waals surface area (Å²) in [5.41, 5.74) is 2.97. The first-order valence-electron chi connectivity index (χ1n) is 17.0. The van der Waals surface area contributed by atoms with E-state index in [2.05, 4.69) is 51.6 Å². The predicted octanol–water partition coefficient (Wildman–Crippen LogP) is 5.28. The normalized spacial score (nSPS) is 21.2. The number of piperazine rings is 1. The van der Waals surface area contributed by atoms with Gasteiger partial charge in [0.2, 0.25) is 0 Å². The summed E-state index contributed by atoms with van der Waals surface area (Å²) in [6, 6.07) is 14.8. The summed E-state index contributed by atoms with van der Waals surface area (Å²) >= 11 is 6.73. The molecule has 252 valence electrons. The Hall–Kier alpha value is -3.98. The zero-order valence-electron chi connectivity index (χ0n) is 27.1. The van der Waals surface area contributed by atoms with E-state index in [1.165, 1.54) is 4.90 Å². The van der Waals surface area contributed by atoms with Gasteiger partial charge in [0.1, 0.15) is 11.9 Å². The van der Waals surface area contributed by atoms with Crippen molar-refractivity contribution in [2.75, 3.05) is 62.3 Å². The van der Waals surface area contributed by atoms with Crippen LogP contribution in [0, 0.1) is 11.3 Å². The second-order valence-electron chi connectivity index (χ2n) is 13.1. The first kappa shape index (κ1) is 32.6. The SMILES string of the molecule is C=C(F)C(=O)N1CCN(c2nc(OC3CCN(C4CCOCC4)CC3)nc3c2CCN(c2cccc4cccc(Cl)c24)C3)CC1CC#N. The van der Waals surface area contributed by atoms with E-state index in [4.69, 9.17) is 31.0 Å². The fraction of sp³-hybridized carbons (Fsp3) is 0.500. The molecule has 1 unspecified atom stereocenters. The number of amides is 1. The highest BCUT2D eigenvalue weighted by molar-refractivity contribution is 6.36. The molecule has 1 atom stereocenters. The molecule has 0 saturated carbocycles. The molecule has 0 radical (unpaired) electrons. The summed E-state index contributed by atoms with van der Waals surface area (Å²) in [6.45, 7) is 9.13. The highest BCUT2D eigenvalue weighted by Gasteiger charge is 2.35. The van der Waals surface area contributed by atoms with Gasteiger partial charge in [0.25, 0.3) is 5.91 Å². The zero-order chi connectivity index (χ0) is 33.2. The number of carbonyl (C=O) groups is 1. The maximum Gasteiger partial charge on any atom is 0.318 e. The number of halogens is 2. The van der Waals surface area contributed by atoms with E-state index in [1.54, 1.807) is 0 Å². The van der Waals surface area contributed by atoms with Gasteiger partial charge in [-0.1, -0.05) is 42.4 Å². The van der Waals surface area contributed by atoms with Crippen molar-refractivity contribution in [1.29, 1.82) is 5.26 Å². The largest absolute Gasteiger partial charge is 0.460 e. The standard InChI is InChI=1S/C36H41ClFN7O3/c1-24(38)35(46)45-19-18-44(22-27(45)8-14-39)34-29-11-17-43(32-7-3-5-25-4-2-6-30(37)33(25)32)23-31(29)40-36(41-34)48-28-9-15-42(16-10-28)26-12-20-47-21-13-26/h2-7,26-28H,1,8-13,15-23H2. The molecule has 7 rings (SSSR count). The second kappa shape index (κ2) is 14.2. The van der Waals surface area contributed by atoms with Gasteiger partial charge in [-0.2, -0.15) is 15.2 Å². The number of likely N-dealkylation sites (tertiary alicyclic amines) is 1. The van der Waals surface area contributed by atoms with Crippen molar-refractivity contribution >= 4 is 39.8 Å². The molecule has 0 N–H and O–H groups in total. The van der Waals surface area contributed by atoms with Gasteiger partial charge in [-0.05, 0) is 49.6 Å². The van der Waals surface area contributed by atoms with Crippen LogP contribution in [-0.2, 0) is 22.5 Å². The molecule has 3 aromatic rings.